The molecule has 1 fully saturated rings. The van der Waals surface area contributed by atoms with E-state index in [0.717, 1.165) is 17.9 Å². The van der Waals surface area contributed by atoms with Crippen LogP contribution in [-0.2, 0) is 9.53 Å². The van der Waals surface area contributed by atoms with E-state index in [2.05, 4.69) is 18.7 Å². The molecule has 2 nitrogen and oxygen atoms in total. The fourth-order valence-corrected chi connectivity index (χ4v) is 2.06. The van der Waals surface area contributed by atoms with Gasteiger partial charge in [0.1, 0.15) is 5.60 Å². The van der Waals surface area contributed by atoms with Gasteiger partial charge in [-0.25, -0.2) is 4.79 Å². The molecule has 90 valence electrons. The van der Waals surface area contributed by atoms with E-state index in [4.69, 9.17) is 4.74 Å². The Labute approximate surface area is 98.4 Å². The number of allylic oxidation sites excluding steroid dienone is 2. The van der Waals surface area contributed by atoms with Crippen LogP contribution in [0.2, 0.25) is 0 Å². The fourth-order valence-electron chi connectivity index (χ4n) is 2.06. The lowest BCUT2D eigenvalue weighted by Crippen LogP contribution is -2.22. The third kappa shape index (κ3) is 4.65. The topological polar surface area (TPSA) is 26.3 Å². The van der Waals surface area contributed by atoms with Gasteiger partial charge in [-0.3, -0.25) is 0 Å². The highest BCUT2D eigenvalue weighted by atomic mass is 16.6. The summed E-state index contributed by atoms with van der Waals surface area (Å²) in [7, 11) is 0. The first kappa shape index (κ1) is 13.0. The van der Waals surface area contributed by atoms with Crippen LogP contribution in [0.3, 0.4) is 0 Å². The van der Waals surface area contributed by atoms with Gasteiger partial charge in [0.2, 0.25) is 0 Å². The maximum absolute atomic E-state index is 10.5. The van der Waals surface area contributed by atoms with E-state index in [1.165, 1.54) is 19.3 Å². The van der Waals surface area contributed by atoms with Gasteiger partial charge in [-0.2, -0.15) is 0 Å². The van der Waals surface area contributed by atoms with Gasteiger partial charge in [0.05, 0.1) is 0 Å². The molecular formula is C14H22O2. The number of hydrogen-bond acceptors (Lipinski definition) is 2. The summed E-state index contributed by atoms with van der Waals surface area (Å²) >= 11 is 0. The van der Waals surface area contributed by atoms with Gasteiger partial charge in [0.25, 0.3) is 0 Å². The summed E-state index contributed by atoms with van der Waals surface area (Å²) in [5.74, 6) is 1.61. The van der Waals surface area contributed by atoms with Gasteiger partial charge >= 0.3 is 5.97 Å². The van der Waals surface area contributed by atoms with Gasteiger partial charge in [-0.1, -0.05) is 18.7 Å². The molecule has 0 aromatic heterocycles. The molecule has 16 heavy (non-hydrogen) atoms. The number of esters is 1. The molecule has 0 saturated heterocycles. The molecule has 2 unspecified atom stereocenters. The first-order valence-electron chi connectivity index (χ1n) is 5.94. The van der Waals surface area contributed by atoms with E-state index in [9.17, 15) is 4.79 Å². The van der Waals surface area contributed by atoms with Crippen LogP contribution in [0.4, 0.5) is 0 Å². The SMILES string of the molecule is C1=CC2CCC1C2.C=CC(=O)OC(C)(C)C. The smallest absolute Gasteiger partial charge is 0.330 e. The summed E-state index contributed by atoms with van der Waals surface area (Å²) in [4.78, 5) is 10.5. The van der Waals surface area contributed by atoms with Crippen LogP contribution in [0.25, 0.3) is 0 Å². The minimum absolute atomic E-state index is 0.373. The lowest BCUT2D eigenvalue weighted by molar-refractivity contribution is -0.148. The lowest BCUT2D eigenvalue weighted by Gasteiger charge is -2.17. The van der Waals surface area contributed by atoms with Crippen LogP contribution in [0.1, 0.15) is 40.0 Å². The molecule has 0 N–H and O–H groups in total. The predicted octanol–water partition coefficient (Wildman–Crippen LogP) is 3.49. The quantitative estimate of drug-likeness (QED) is 0.385. The molecule has 2 atom stereocenters. The van der Waals surface area contributed by atoms with Crippen LogP contribution in [0, 0.1) is 11.8 Å². The van der Waals surface area contributed by atoms with Crippen LogP contribution in [-0.4, -0.2) is 11.6 Å². The van der Waals surface area contributed by atoms with Crippen molar-refractivity contribution in [3.63, 3.8) is 0 Å². The van der Waals surface area contributed by atoms with Crippen molar-refractivity contribution in [2.45, 2.75) is 45.6 Å². The summed E-state index contributed by atoms with van der Waals surface area (Å²) in [6.07, 6.45) is 10.3. The number of fused-ring (bicyclic) bond motifs is 2. The van der Waals surface area contributed by atoms with Gasteiger partial charge in [0.15, 0.2) is 0 Å². The monoisotopic (exact) mass is 222 g/mol. The Morgan fingerprint density at radius 1 is 1.31 bits per heavy atom. The molecule has 2 bridgehead atoms. The van der Waals surface area contributed by atoms with Crippen molar-refractivity contribution in [3.8, 4) is 0 Å². The summed E-state index contributed by atoms with van der Waals surface area (Å²) in [5, 5.41) is 0. The van der Waals surface area contributed by atoms with Gasteiger partial charge < -0.3 is 4.74 Å². The molecular weight excluding hydrogens is 200 g/mol. The van der Waals surface area contributed by atoms with Crippen molar-refractivity contribution in [1.82, 2.24) is 0 Å². The Morgan fingerprint density at radius 3 is 1.94 bits per heavy atom. The van der Waals surface area contributed by atoms with Crippen LogP contribution >= 0.6 is 0 Å². The number of carbonyl (C=O) groups is 1. The molecule has 0 spiro atoms. The molecule has 2 heteroatoms. The first-order chi connectivity index (χ1) is 7.40. The Bertz CT molecular complexity index is 272. The standard InChI is InChI=1S/C7H12O2.C7H10/c1-5-6(8)9-7(2,3)4;1-2-7-4-3-6(1)5-7/h5H,1H2,2-4H3;1-2,6-7H,3-5H2. The minimum atomic E-state index is -0.398. The molecule has 2 aliphatic carbocycles. The maximum Gasteiger partial charge on any atom is 0.330 e. The summed E-state index contributed by atoms with van der Waals surface area (Å²) in [5.41, 5.74) is -0.398. The second-order valence-electron chi connectivity index (χ2n) is 5.46. The molecule has 0 radical (unpaired) electrons. The Morgan fingerprint density at radius 2 is 1.81 bits per heavy atom. The molecule has 0 aliphatic heterocycles. The summed E-state index contributed by atoms with van der Waals surface area (Å²) in [6, 6.07) is 0. The fraction of sp³-hybridized carbons (Fsp3) is 0.643. The number of hydrogen-bond donors (Lipinski definition) is 0. The van der Waals surface area contributed by atoms with Crippen molar-refractivity contribution >= 4 is 5.97 Å². The minimum Gasteiger partial charge on any atom is -0.457 e. The number of carbonyl (C=O) groups excluding carboxylic acids is 1. The van der Waals surface area contributed by atoms with Crippen molar-refractivity contribution in [2.75, 3.05) is 0 Å². The molecule has 1 saturated carbocycles. The second-order valence-corrected chi connectivity index (χ2v) is 5.46. The Hall–Kier alpha value is -1.05. The van der Waals surface area contributed by atoms with Gasteiger partial charge in [-0.05, 0) is 51.9 Å². The number of ether oxygens (including phenoxy) is 1. The van der Waals surface area contributed by atoms with E-state index in [1.807, 2.05) is 20.8 Å². The van der Waals surface area contributed by atoms with Crippen LogP contribution in [0.15, 0.2) is 24.8 Å². The zero-order valence-corrected chi connectivity index (χ0v) is 10.5. The highest BCUT2D eigenvalue weighted by molar-refractivity contribution is 5.81. The Balaban J connectivity index is 0.000000163. The van der Waals surface area contributed by atoms with Gasteiger partial charge in [0, 0.05) is 6.08 Å². The third-order valence-electron chi connectivity index (χ3n) is 2.74. The van der Waals surface area contributed by atoms with Crippen molar-refractivity contribution < 1.29 is 9.53 Å². The third-order valence-corrected chi connectivity index (χ3v) is 2.74. The van der Waals surface area contributed by atoms with Crippen LogP contribution < -0.4 is 0 Å². The molecule has 2 rings (SSSR count). The maximum atomic E-state index is 10.5. The number of rotatable bonds is 1. The highest BCUT2D eigenvalue weighted by Gasteiger charge is 2.25. The summed E-state index contributed by atoms with van der Waals surface area (Å²) in [6.45, 7) is 8.71. The van der Waals surface area contributed by atoms with E-state index in [0.29, 0.717) is 0 Å². The van der Waals surface area contributed by atoms with E-state index in [1.54, 1.807) is 0 Å². The lowest BCUT2D eigenvalue weighted by atomic mass is 10.1. The molecule has 0 aromatic rings. The normalized spacial score (nSPS) is 25.9. The summed E-state index contributed by atoms with van der Waals surface area (Å²) < 4.78 is 4.83. The zero-order chi connectivity index (χ0) is 12.2. The predicted molar refractivity (Wildman–Crippen MR) is 66.0 cm³/mol. The highest BCUT2D eigenvalue weighted by Crippen LogP contribution is 2.38. The molecule has 0 amide bonds. The van der Waals surface area contributed by atoms with E-state index in [-0.39, 0.29) is 5.97 Å². The average molecular weight is 222 g/mol. The van der Waals surface area contributed by atoms with Crippen LogP contribution in [0.5, 0.6) is 0 Å². The second kappa shape index (κ2) is 5.33. The molecule has 0 heterocycles. The molecule has 2 aliphatic rings. The van der Waals surface area contributed by atoms with E-state index >= 15 is 0 Å². The van der Waals surface area contributed by atoms with Crippen molar-refractivity contribution in [1.29, 1.82) is 0 Å². The van der Waals surface area contributed by atoms with Crippen molar-refractivity contribution in [3.05, 3.63) is 24.8 Å². The first-order valence-corrected chi connectivity index (χ1v) is 5.94. The largest absolute Gasteiger partial charge is 0.457 e. The Kier molecular flexibility index (Phi) is 4.34. The van der Waals surface area contributed by atoms with E-state index < -0.39 is 5.60 Å². The zero-order valence-electron chi connectivity index (χ0n) is 10.5. The van der Waals surface area contributed by atoms with Gasteiger partial charge in [-0.15, -0.1) is 0 Å². The average Bonchev–Trinajstić information content (AvgIpc) is 2.79. The molecule has 0 aromatic carbocycles. The van der Waals surface area contributed by atoms with Crippen molar-refractivity contribution in [2.24, 2.45) is 11.8 Å².